The number of rotatable bonds is 5. The first-order chi connectivity index (χ1) is 7.72. The molecule has 1 aromatic rings. The van der Waals surface area contributed by atoms with Gasteiger partial charge < -0.3 is 10.0 Å². The molecule has 0 heterocycles. The second kappa shape index (κ2) is 6.14. The first-order valence-corrected chi connectivity index (χ1v) is 5.59. The Morgan fingerprint density at radius 1 is 1.44 bits per heavy atom. The Labute approximate surface area is 96.9 Å². The number of nitriles is 1. The maximum Gasteiger partial charge on any atom is 0.101 e. The van der Waals surface area contributed by atoms with E-state index in [0.29, 0.717) is 5.56 Å². The van der Waals surface area contributed by atoms with E-state index in [0.717, 1.165) is 30.8 Å². The van der Waals surface area contributed by atoms with Crippen LogP contribution in [0.2, 0.25) is 0 Å². The monoisotopic (exact) mass is 218 g/mol. The van der Waals surface area contributed by atoms with Crippen LogP contribution < -0.4 is 4.90 Å². The minimum atomic E-state index is 0.185. The van der Waals surface area contributed by atoms with Gasteiger partial charge in [0, 0.05) is 19.7 Å². The van der Waals surface area contributed by atoms with Crippen LogP contribution in [-0.2, 0) is 0 Å². The molecule has 3 heteroatoms. The Hall–Kier alpha value is -1.53. The van der Waals surface area contributed by atoms with Gasteiger partial charge in [0.05, 0.1) is 11.3 Å². The van der Waals surface area contributed by atoms with Crippen LogP contribution in [0.15, 0.2) is 18.2 Å². The summed E-state index contributed by atoms with van der Waals surface area (Å²) in [5.74, 6) is 0. The van der Waals surface area contributed by atoms with Crippen molar-refractivity contribution in [3.63, 3.8) is 0 Å². The molecule has 3 nitrogen and oxygen atoms in total. The fourth-order valence-electron chi connectivity index (χ4n) is 1.73. The van der Waals surface area contributed by atoms with Crippen LogP contribution in [0.5, 0.6) is 0 Å². The van der Waals surface area contributed by atoms with Gasteiger partial charge in [-0.05, 0) is 38.0 Å². The summed E-state index contributed by atoms with van der Waals surface area (Å²) in [5, 5.41) is 17.9. The Kier molecular flexibility index (Phi) is 4.81. The highest BCUT2D eigenvalue weighted by atomic mass is 16.3. The predicted octanol–water partition coefficient (Wildman–Crippen LogP) is 2.08. The van der Waals surface area contributed by atoms with Gasteiger partial charge in [-0.2, -0.15) is 5.26 Å². The second-order valence-electron chi connectivity index (χ2n) is 3.79. The van der Waals surface area contributed by atoms with Gasteiger partial charge in [0.2, 0.25) is 0 Å². The van der Waals surface area contributed by atoms with Gasteiger partial charge in [0.25, 0.3) is 0 Å². The molecule has 0 radical (unpaired) electrons. The minimum Gasteiger partial charge on any atom is -0.396 e. The zero-order chi connectivity index (χ0) is 12.0. The van der Waals surface area contributed by atoms with Crippen molar-refractivity contribution in [1.29, 1.82) is 5.26 Å². The van der Waals surface area contributed by atoms with E-state index in [1.807, 2.05) is 25.1 Å². The Balaban J connectivity index is 2.96. The van der Waals surface area contributed by atoms with Crippen molar-refractivity contribution in [3.8, 4) is 6.07 Å². The van der Waals surface area contributed by atoms with Gasteiger partial charge in [-0.1, -0.05) is 6.07 Å². The minimum absolute atomic E-state index is 0.185. The smallest absolute Gasteiger partial charge is 0.101 e. The molecular weight excluding hydrogens is 200 g/mol. The highest BCUT2D eigenvalue weighted by Gasteiger charge is 2.09. The first-order valence-electron chi connectivity index (χ1n) is 5.59. The molecule has 0 aliphatic rings. The molecule has 0 saturated carbocycles. The van der Waals surface area contributed by atoms with Crippen molar-refractivity contribution in [2.24, 2.45) is 0 Å². The number of hydrogen-bond donors (Lipinski definition) is 1. The average Bonchev–Trinajstić information content (AvgIpc) is 2.31. The molecule has 0 atom stereocenters. The zero-order valence-electron chi connectivity index (χ0n) is 9.90. The molecule has 16 heavy (non-hydrogen) atoms. The van der Waals surface area contributed by atoms with Crippen LogP contribution in [0.4, 0.5) is 5.69 Å². The largest absolute Gasteiger partial charge is 0.396 e. The molecule has 0 aliphatic carbocycles. The maximum absolute atomic E-state index is 9.09. The van der Waals surface area contributed by atoms with Crippen LogP contribution in [0.25, 0.3) is 0 Å². The van der Waals surface area contributed by atoms with Crippen molar-refractivity contribution in [1.82, 2.24) is 0 Å². The van der Waals surface area contributed by atoms with Gasteiger partial charge >= 0.3 is 0 Å². The molecule has 1 N–H and O–H groups in total. The van der Waals surface area contributed by atoms with Crippen LogP contribution in [0.1, 0.15) is 24.5 Å². The van der Waals surface area contributed by atoms with E-state index in [1.54, 1.807) is 0 Å². The van der Waals surface area contributed by atoms with E-state index in [4.69, 9.17) is 10.4 Å². The molecule has 1 rings (SSSR count). The molecular formula is C13H18N2O. The van der Waals surface area contributed by atoms with Gasteiger partial charge in [-0.15, -0.1) is 0 Å². The maximum atomic E-state index is 9.09. The van der Waals surface area contributed by atoms with Crippen molar-refractivity contribution in [3.05, 3.63) is 29.3 Å². The van der Waals surface area contributed by atoms with E-state index in [1.165, 1.54) is 0 Å². The number of anilines is 1. The van der Waals surface area contributed by atoms with Crippen LogP contribution in [0, 0.1) is 18.3 Å². The van der Waals surface area contributed by atoms with Crippen LogP contribution in [-0.4, -0.2) is 24.8 Å². The number of nitrogens with zero attached hydrogens (tertiary/aromatic N) is 2. The highest BCUT2D eigenvalue weighted by molar-refractivity contribution is 5.60. The molecule has 1 aromatic carbocycles. The fraction of sp³-hybridized carbons (Fsp3) is 0.462. The third-order valence-electron chi connectivity index (χ3n) is 2.58. The van der Waals surface area contributed by atoms with Crippen molar-refractivity contribution >= 4 is 5.69 Å². The van der Waals surface area contributed by atoms with E-state index in [9.17, 15) is 0 Å². The van der Waals surface area contributed by atoms with E-state index in [-0.39, 0.29) is 6.61 Å². The lowest BCUT2D eigenvalue weighted by molar-refractivity contribution is 0.289. The summed E-state index contributed by atoms with van der Waals surface area (Å²) in [7, 11) is 0. The van der Waals surface area contributed by atoms with E-state index in [2.05, 4.69) is 17.9 Å². The Morgan fingerprint density at radius 3 is 2.75 bits per heavy atom. The third kappa shape index (κ3) is 2.98. The molecule has 0 saturated heterocycles. The SMILES string of the molecule is CCN(CCCO)c1ccc(C)cc1C#N. The fourth-order valence-corrected chi connectivity index (χ4v) is 1.73. The third-order valence-corrected chi connectivity index (χ3v) is 2.58. The lowest BCUT2D eigenvalue weighted by Gasteiger charge is -2.24. The highest BCUT2D eigenvalue weighted by Crippen LogP contribution is 2.21. The van der Waals surface area contributed by atoms with Gasteiger partial charge in [-0.3, -0.25) is 0 Å². The van der Waals surface area contributed by atoms with Crippen LogP contribution >= 0.6 is 0 Å². The van der Waals surface area contributed by atoms with E-state index < -0.39 is 0 Å². The van der Waals surface area contributed by atoms with Gasteiger partial charge in [0.15, 0.2) is 0 Å². The van der Waals surface area contributed by atoms with Crippen LogP contribution in [0.3, 0.4) is 0 Å². The molecule has 0 fully saturated rings. The molecule has 0 aliphatic heterocycles. The van der Waals surface area contributed by atoms with Crippen molar-refractivity contribution in [2.45, 2.75) is 20.3 Å². The lowest BCUT2D eigenvalue weighted by Crippen LogP contribution is -2.25. The topological polar surface area (TPSA) is 47.3 Å². The normalized spacial score (nSPS) is 9.88. The van der Waals surface area contributed by atoms with Crippen molar-refractivity contribution < 1.29 is 5.11 Å². The summed E-state index contributed by atoms with van der Waals surface area (Å²) in [6.45, 7) is 5.85. The standard InChI is InChI=1S/C13H18N2O/c1-3-15(7-4-8-16)13-6-5-11(2)9-12(13)10-14/h5-6,9,16H,3-4,7-8H2,1-2H3. The molecule has 86 valence electrons. The Morgan fingerprint density at radius 2 is 2.19 bits per heavy atom. The molecule has 0 unspecified atom stereocenters. The van der Waals surface area contributed by atoms with Crippen molar-refractivity contribution in [2.75, 3.05) is 24.6 Å². The number of benzene rings is 1. The summed E-state index contributed by atoms with van der Waals surface area (Å²) in [6.07, 6.45) is 0.729. The first kappa shape index (κ1) is 12.5. The summed E-state index contributed by atoms with van der Waals surface area (Å²) in [4.78, 5) is 2.12. The zero-order valence-corrected chi connectivity index (χ0v) is 9.90. The molecule has 0 spiro atoms. The van der Waals surface area contributed by atoms with Gasteiger partial charge in [-0.25, -0.2) is 0 Å². The molecule has 0 amide bonds. The number of aliphatic hydroxyl groups excluding tert-OH is 1. The summed E-state index contributed by atoms with van der Waals surface area (Å²) in [5.41, 5.74) is 2.77. The average molecular weight is 218 g/mol. The number of aliphatic hydroxyl groups is 1. The van der Waals surface area contributed by atoms with E-state index >= 15 is 0 Å². The molecule has 0 bridgehead atoms. The lowest BCUT2D eigenvalue weighted by atomic mass is 10.1. The summed E-state index contributed by atoms with van der Waals surface area (Å²) in [6, 6.07) is 8.12. The predicted molar refractivity (Wildman–Crippen MR) is 65.5 cm³/mol. The quantitative estimate of drug-likeness (QED) is 0.823. The Bertz CT molecular complexity index is 382. The number of hydrogen-bond acceptors (Lipinski definition) is 3. The van der Waals surface area contributed by atoms with Gasteiger partial charge in [0.1, 0.15) is 6.07 Å². The number of aryl methyl sites for hydroxylation is 1. The summed E-state index contributed by atoms with van der Waals surface area (Å²) >= 11 is 0. The second-order valence-corrected chi connectivity index (χ2v) is 3.79. The summed E-state index contributed by atoms with van der Waals surface area (Å²) < 4.78 is 0. The molecule has 0 aromatic heterocycles.